The molecule has 2 aliphatic carbocycles. The van der Waals surface area contributed by atoms with Crippen molar-refractivity contribution in [2.45, 2.75) is 53.1 Å². The van der Waals surface area contributed by atoms with Gasteiger partial charge in [0.05, 0.1) is 0 Å². The largest absolute Gasteiger partial charge is 0.394 e. The molecule has 2 aliphatic rings. The van der Waals surface area contributed by atoms with Crippen molar-refractivity contribution in [1.82, 2.24) is 0 Å². The molecule has 2 saturated carbocycles. The normalized spacial score (nSPS) is 35.5. The van der Waals surface area contributed by atoms with Gasteiger partial charge in [-0.3, -0.25) is 0 Å². The predicted octanol–water partition coefficient (Wildman–Crippen LogP) is 2.83. The molecule has 0 bridgehead atoms. The van der Waals surface area contributed by atoms with Gasteiger partial charge >= 0.3 is 0 Å². The minimum absolute atomic E-state index is 0.167. The van der Waals surface area contributed by atoms with E-state index in [1.165, 1.54) is 19.3 Å². The first-order valence-electron chi connectivity index (χ1n) is 5.14. The number of rotatable bonds is 0. The molecule has 0 aromatic carbocycles. The van der Waals surface area contributed by atoms with Gasteiger partial charge in [-0.1, -0.05) is 20.3 Å². The van der Waals surface area contributed by atoms with Crippen LogP contribution in [0, 0.1) is 17.3 Å². The molecule has 0 spiro atoms. The molecule has 1 N–H and O–H groups in total. The van der Waals surface area contributed by atoms with Crippen LogP contribution >= 0.6 is 0 Å². The second-order valence-electron chi connectivity index (χ2n) is 5.06. The molecular formula is C11H22O. The summed E-state index contributed by atoms with van der Waals surface area (Å²) < 4.78 is 0. The molecule has 1 heteroatoms. The second-order valence-corrected chi connectivity index (χ2v) is 5.06. The van der Waals surface area contributed by atoms with Gasteiger partial charge in [-0.2, -0.15) is 0 Å². The Kier molecular flexibility index (Phi) is 2.82. The highest BCUT2D eigenvalue weighted by atomic mass is 16.3. The highest BCUT2D eigenvalue weighted by molar-refractivity contribution is 5.07. The Morgan fingerprint density at radius 2 is 1.50 bits per heavy atom. The van der Waals surface area contributed by atoms with Crippen LogP contribution in [0.5, 0.6) is 0 Å². The standard InChI is InChI=1S/C8H14.C3H8O/c1-8(2)6-4-3-5-7(6)8;1-3(2)4/h6-7H,3-5H2,1-2H3;3-4H,1-2H3. The zero-order chi connectivity index (χ0) is 9.35. The maximum atomic E-state index is 8.06. The van der Waals surface area contributed by atoms with E-state index in [1.54, 1.807) is 13.8 Å². The lowest BCUT2D eigenvalue weighted by Crippen LogP contribution is -1.94. The van der Waals surface area contributed by atoms with Gasteiger partial charge in [0.2, 0.25) is 0 Å². The molecule has 72 valence electrons. The Morgan fingerprint density at radius 1 is 1.17 bits per heavy atom. The fourth-order valence-electron chi connectivity index (χ4n) is 2.56. The van der Waals surface area contributed by atoms with Crippen molar-refractivity contribution in [3.8, 4) is 0 Å². The van der Waals surface area contributed by atoms with Crippen molar-refractivity contribution < 1.29 is 5.11 Å². The Hall–Kier alpha value is -0.0400. The average Bonchev–Trinajstić information content (AvgIpc) is 2.32. The van der Waals surface area contributed by atoms with Crippen molar-refractivity contribution in [3.05, 3.63) is 0 Å². The second kappa shape index (κ2) is 3.37. The fourth-order valence-corrected chi connectivity index (χ4v) is 2.56. The van der Waals surface area contributed by atoms with E-state index in [0.29, 0.717) is 0 Å². The molecule has 0 saturated heterocycles. The summed E-state index contributed by atoms with van der Waals surface area (Å²) in [6, 6.07) is 0. The van der Waals surface area contributed by atoms with Gasteiger partial charge < -0.3 is 5.11 Å². The van der Waals surface area contributed by atoms with Crippen molar-refractivity contribution in [3.63, 3.8) is 0 Å². The van der Waals surface area contributed by atoms with E-state index in [1.807, 2.05) is 0 Å². The van der Waals surface area contributed by atoms with Crippen LogP contribution in [0.4, 0.5) is 0 Å². The SMILES string of the molecule is CC(C)O.CC1(C)C2CCCC21. The summed E-state index contributed by atoms with van der Waals surface area (Å²) in [7, 11) is 0. The van der Waals surface area contributed by atoms with Crippen LogP contribution in [0.25, 0.3) is 0 Å². The molecule has 2 atom stereocenters. The Bertz CT molecular complexity index is 134. The molecular weight excluding hydrogens is 148 g/mol. The Labute approximate surface area is 76.2 Å². The van der Waals surface area contributed by atoms with Crippen LogP contribution in [0.3, 0.4) is 0 Å². The first kappa shape index (κ1) is 10.0. The van der Waals surface area contributed by atoms with Crippen LogP contribution in [-0.2, 0) is 0 Å². The predicted molar refractivity (Wildman–Crippen MR) is 52.0 cm³/mol. The van der Waals surface area contributed by atoms with Crippen LogP contribution < -0.4 is 0 Å². The van der Waals surface area contributed by atoms with E-state index < -0.39 is 0 Å². The van der Waals surface area contributed by atoms with Gasteiger partial charge in [0, 0.05) is 6.10 Å². The summed E-state index contributed by atoms with van der Waals surface area (Å²) >= 11 is 0. The maximum Gasteiger partial charge on any atom is 0.0483 e. The lowest BCUT2D eigenvalue weighted by atomic mass is 10.0. The van der Waals surface area contributed by atoms with E-state index in [0.717, 1.165) is 17.3 Å². The van der Waals surface area contributed by atoms with Crippen molar-refractivity contribution in [1.29, 1.82) is 0 Å². The minimum atomic E-state index is -0.167. The highest BCUT2D eigenvalue weighted by Crippen LogP contribution is 2.66. The third-order valence-corrected chi connectivity index (χ3v) is 3.32. The summed E-state index contributed by atoms with van der Waals surface area (Å²) in [6.07, 6.45) is 4.40. The quantitative estimate of drug-likeness (QED) is 0.592. The Balaban J connectivity index is 0.000000157. The molecule has 12 heavy (non-hydrogen) atoms. The van der Waals surface area contributed by atoms with Crippen LogP contribution in [0.1, 0.15) is 47.0 Å². The monoisotopic (exact) mass is 170 g/mol. The van der Waals surface area contributed by atoms with E-state index in [9.17, 15) is 0 Å². The van der Waals surface area contributed by atoms with Gasteiger partial charge in [0.15, 0.2) is 0 Å². The molecule has 1 nitrogen and oxygen atoms in total. The van der Waals surface area contributed by atoms with Crippen LogP contribution in [0.15, 0.2) is 0 Å². The third kappa shape index (κ3) is 2.01. The van der Waals surface area contributed by atoms with Crippen molar-refractivity contribution in [2.75, 3.05) is 0 Å². The summed E-state index contributed by atoms with van der Waals surface area (Å²) in [6.45, 7) is 8.28. The highest BCUT2D eigenvalue weighted by Gasteiger charge is 2.58. The van der Waals surface area contributed by atoms with Crippen LogP contribution in [-0.4, -0.2) is 11.2 Å². The van der Waals surface area contributed by atoms with Gasteiger partial charge in [-0.25, -0.2) is 0 Å². The molecule has 2 fully saturated rings. The number of fused-ring (bicyclic) bond motifs is 1. The zero-order valence-corrected chi connectivity index (χ0v) is 8.80. The lowest BCUT2D eigenvalue weighted by molar-refractivity contribution is 0.216. The van der Waals surface area contributed by atoms with Crippen molar-refractivity contribution in [2.24, 2.45) is 17.3 Å². The lowest BCUT2D eigenvalue weighted by Gasteiger charge is -2.04. The molecule has 2 rings (SSSR count). The molecule has 2 unspecified atom stereocenters. The van der Waals surface area contributed by atoms with E-state index in [2.05, 4.69) is 13.8 Å². The number of aliphatic hydroxyl groups excluding tert-OH is 1. The van der Waals surface area contributed by atoms with Crippen LogP contribution in [0.2, 0.25) is 0 Å². The maximum absolute atomic E-state index is 8.06. The first-order chi connectivity index (χ1) is 5.46. The van der Waals surface area contributed by atoms with Gasteiger partial charge in [-0.05, 0) is 43.9 Å². The smallest absolute Gasteiger partial charge is 0.0483 e. The van der Waals surface area contributed by atoms with Gasteiger partial charge in [0.1, 0.15) is 0 Å². The molecule has 0 aromatic heterocycles. The molecule has 0 radical (unpaired) electrons. The zero-order valence-electron chi connectivity index (χ0n) is 8.80. The van der Waals surface area contributed by atoms with Gasteiger partial charge in [0.25, 0.3) is 0 Å². The number of hydrogen-bond donors (Lipinski definition) is 1. The van der Waals surface area contributed by atoms with E-state index in [-0.39, 0.29) is 6.10 Å². The molecule has 0 amide bonds. The van der Waals surface area contributed by atoms with E-state index in [4.69, 9.17) is 5.11 Å². The third-order valence-electron chi connectivity index (χ3n) is 3.32. The molecule has 0 aromatic rings. The van der Waals surface area contributed by atoms with E-state index >= 15 is 0 Å². The topological polar surface area (TPSA) is 20.2 Å². The van der Waals surface area contributed by atoms with Gasteiger partial charge in [-0.15, -0.1) is 0 Å². The summed E-state index contributed by atoms with van der Waals surface area (Å²) in [5, 5.41) is 8.06. The summed E-state index contributed by atoms with van der Waals surface area (Å²) in [5.41, 5.74) is 0.762. The van der Waals surface area contributed by atoms with Crippen molar-refractivity contribution >= 4 is 0 Å². The first-order valence-corrected chi connectivity index (χ1v) is 5.14. The summed E-state index contributed by atoms with van der Waals surface area (Å²) in [5.74, 6) is 2.25. The molecule has 0 aliphatic heterocycles. The Morgan fingerprint density at radius 3 is 1.67 bits per heavy atom. The minimum Gasteiger partial charge on any atom is -0.394 e. The number of aliphatic hydroxyl groups is 1. The number of hydrogen-bond acceptors (Lipinski definition) is 1. The summed E-state index contributed by atoms with van der Waals surface area (Å²) in [4.78, 5) is 0. The molecule has 0 heterocycles. The fraction of sp³-hybridized carbons (Fsp3) is 1.00. The average molecular weight is 170 g/mol.